The van der Waals surface area contributed by atoms with Crippen molar-refractivity contribution in [2.24, 2.45) is 34.5 Å². The van der Waals surface area contributed by atoms with Crippen LogP contribution in [0.5, 0.6) is 5.75 Å². The zero-order valence-electron chi connectivity index (χ0n) is 35.4. The second-order valence-electron chi connectivity index (χ2n) is 18.8. The fourth-order valence-corrected chi connectivity index (χ4v) is 11.6. The molecule has 3 saturated carbocycles. The van der Waals surface area contributed by atoms with E-state index in [1.165, 1.54) is 6.42 Å². The number of carbonyl (C=O) groups excluding carboxylic acids is 2. The first-order chi connectivity index (χ1) is 26.1. The first-order valence-corrected chi connectivity index (χ1v) is 21.5. The zero-order chi connectivity index (χ0) is 41.6. The van der Waals surface area contributed by atoms with Gasteiger partial charge in [0.15, 0.2) is 0 Å². The fourth-order valence-electron chi connectivity index (χ4n) is 9.76. The first-order valence-electron chi connectivity index (χ1n) is 19.9. The number of carbonyl (C=O) groups is 2. The Balaban J connectivity index is 1.51. The van der Waals surface area contributed by atoms with Crippen LogP contribution in [-0.2, 0) is 16.2 Å². The molecular formula is C43H65Br2N5O6. The van der Waals surface area contributed by atoms with Crippen LogP contribution in [0.2, 0.25) is 0 Å². The summed E-state index contributed by atoms with van der Waals surface area (Å²) >= 11 is 7.62. The van der Waals surface area contributed by atoms with Crippen molar-refractivity contribution >= 4 is 49.4 Å². The number of fused-ring (bicyclic) bond motifs is 2. The van der Waals surface area contributed by atoms with Gasteiger partial charge < -0.3 is 35.4 Å². The van der Waals surface area contributed by atoms with Gasteiger partial charge in [-0.1, -0.05) is 59.7 Å². The van der Waals surface area contributed by atoms with Crippen LogP contribution in [0.1, 0.15) is 83.7 Å². The average Bonchev–Trinajstić information content (AvgIpc) is 3.46. The van der Waals surface area contributed by atoms with E-state index in [0.717, 1.165) is 35.2 Å². The Labute approximate surface area is 351 Å². The summed E-state index contributed by atoms with van der Waals surface area (Å²) < 4.78 is 7.42. The average molecular weight is 908 g/mol. The summed E-state index contributed by atoms with van der Waals surface area (Å²) in [5.74, 6) is 0.925. The monoisotopic (exact) mass is 905 g/mol. The number of rotatable bonds is 14. The van der Waals surface area contributed by atoms with Crippen molar-refractivity contribution in [3.63, 3.8) is 0 Å². The number of ether oxygens (including phenoxy) is 1. The van der Waals surface area contributed by atoms with Gasteiger partial charge in [0.05, 0.1) is 42.1 Å². The van der Waals surface area contributed by atoms with Crippen molar-refractivity contribution in [1.29, 1.82) is 0 Å². The van der Waals surface area contributed by atoms with Gasteiger partial charge in [-0.05, 0) is 107 Å². The summed E-state index contributed by atoms with van der Waals surface area (Å²) in [6.07, 6.45) is 1.24. The quantitative estimate of drug-likeness (QED) is 0.164. The molecule has 56 heavy (non-hydrogen) atoms. The third kappa shape index (κ3) is 9.14. The van der Waals surface area contributed by atoms with Crippen LogP contribution >= 0.6 is 31.9 Å². The van der Waals surface area contributed by atoms with Gasteiger partial charge in [0.1, 0.15) is 17.9 Å². The standard InChI is InChI=1S/C43H65Br2N5O6/c1-23-30-16-26(43(30,6)7)17-31(23)47-41(54)38-34(24(2)52)33(22-51)56-50(38)20-25-14-13-15-28(39(25)55-12)29-18-32(49(10)11)37(45)35(36(29)44)40(53)46-27(21-48(8)9)19-42(3,4)5/h13-15,18,23-24,26-27,30-31,33-34,38,51-52H,16-17,19-22H2,1-12H3,(H,46,53)(H,47,54)/t23-,24-,26+,27-,30-,31-,33-,34+,38-/m0/s1. The largest absolute Gasteiger partial charge is 0.496 e. The number of nitrogens with zero attached hydrogens (tertiary/aromatic N) is 3. The molecule has 3 aliphatic carbocycles. The van der Waals surface area contributed by atoms with Gasteiger partial charge in [-0.15, -0.1) is 0 Å². The maximum Gasteiger partial charge on any atom is 0.253 e. The Bertz CT molecular complexity index is 1750. The molecule has 2 aromatic rings. The van der Waals surface area contributed by atoms with E-state index < -0.39 is 24.2 Å². The Morgan fingerprint density at radius 1 is 1.11 bits per heavy atom. The topological polar surface area (TPSA) is 127 Å². The summed E-state index contributed by atoms with van der Waals surface area (Å²) in [7, 11) is 9.49. The molecule has 1 heterocycles. The van der Waals surface area contributed by atoms with Crippen LogP contribution in [0, 0.1) is 34.5 Å². The van der Waals surface area contributed by atoms with Gasteiger partial charge in [-0.3, -0.25) is 14.4 Å². The molecule has 4 N–H and O–H groups in total. The van der Waals surface area contributed by atoms with Crippen molar-refractivity contribution in [3.8, 4) is 16.9 Å². The second kappa shape index (κ2) is 17.5. The molecule has 11 nitrogen and oxygen atoms in total. The molecule has 0 unspecified atom stereocenters. The minimum absolute atomic E-state index is 0.00381. The number of hydrogen-bond donors (Lipinski definition) is 4. The van der Waals surface area contributed by atoms with Crippen molar-refractivity contribution in [2.75, 3.05) is 53.4 Å². The van der Waals surface area contributed by atoms with Crippen LogP contribution in [0.3, 0.4) is 0 Å². The summed E-state index contributed by atoms with van der Waals surface area (Å²) in [6.45, 7) is 15.6. The van der Waals surface area contributed by atoms with E-state index in [1.54, 1.807) is 19.1 Å². The lowest BCUT2D eigenvalue weighted by Gasteiger charge is -2.62. The molecule has 2 bridgehead atoms. The molecule has 1 saturated heterocycles. The number of hydroxylamine groups is 2. The first kappa shape index (κ1) is 44.8. The minimum atomic E-state index is -0.911. The smallest absolute Gasteiger partial charge is 0.253 e. The van der Waals surface area contributed by atoms with Crippen molar-refractivity contribution in [3.05, 3.63) is 44.3 Å². The van der Waals surface area contributed by atoms with Gasteiger partial charge in [0, 0.05) is 59.8 Å². The number of likely N-dealkylation sites (N-methyl/N-ethyl adjacent to an activating group) is 1. The number of aliphatic hydroxyl groups is 2. The van der Waals surface area contributed by atoms with E-state index in [2.05, 4.69) is 88.9 Å². The Kier molecular flexibility index (Phi) is 14.0. The fraction of sp³-hybridized carbons (Fsp3) is 0.674. The second-order valence-corrected chi connectivity index (χ2v) is 20.4. The van der Waals surface area contributed by atoms with Crippen LogP contribution in [0.15, 0.2) is 33.2 Å². The van der Waals surface area contributed by atoms with Gasteiger partial charge in [-0.25, -0.2) is 0 Å². The van der Waals surface area contributed by atoms with Gasteiger partial charge >= 0.3 is 0 Å². The number of hydrogen-bond acceptors (Lipinski definition) is 9. The van der Waals surface area contributed by atoms with Gasteiger partial charge in [0.25, 0.3) is 5.91 Å². The predicted octanol–water partition coefficient (Wildman–Crippen LogP) is 6.71. The minimum Gasteiger partial charge on any atom is -0.496 e. The highest BCUT2D eigenvalue weighted by atomic mass is 79.9. The summed E-state index contributed by atoms with van der Waals surface area (Å²) in [6, 6.07) is 6.91. The number of halogens is 2. The molecule has 2 aromatic carbocycles. The number of anilines is 1. The Morgan fingerprint density at radius 3 is 2.32 bits per heavy atom. The van der Waals surface area contributed by atoms with E-state index in [-0.39, 0.29) is 47.9 Å². The Hall–Kier alpha value is -2.26. The van der Waals surface area contributed by atoms with Crippen LogP contribution in [-0.4, -0.2) is 111 Å². The molecule has 6 rings (SSSR count). The van der Waals surface area contributed by atoms with Crippen LogP contribution in [0.4, 0.5) is 5.69 Å². The Morgan fingerprint density at radius 2 is 1.79 bits per heavy atom. The molecule has 1 aliphatic heterocycles. The van der Waals surface area contributed by atoms with Gasteiger partial charge in [-0.2, -0.15) is 5.06 Å². The third-order valence-electron chi connectivity index (χ3n) is 12.6. The van der Waals surface area contributed by atoms with E-state index in [9.17, 15) is 19.8 Å². The van der Waals surface area contributed by atoms with Crippen molar-refractivity contribution < 1.29 is 29.4 Å². The lowest BCUT2D eigenvalue weighted by Crippen LogP contribution is -2.62. The molecule has 13 heteroatoms. The molecule has 4 aliphatic rings. The van der Waals surface area contributed by atoms with Crippen molar-refractivity contribution in [1.82, 2.24) is 20.6 Å². The molecule has 0 spiro atoms. The number of amides is 2. The number of para-hydroxylation sites is 1. The third-order valence-corrected chi connectivity index (χ3v) is 14.3. The van der Waals surface area contributed by atoms with E-state index in [1.807, 2.05) is 57.4 Å². The number of nitrogens with one attached hydrogen (secondary N) is 2. The molecule has 9 atom stereocenters. The lowest BCUT2D eigenvalue weighted by molar-refractivity contribution is -0.183. The highest BCUT2D eigenvalue weighted by Crippen LogP contribution is 2.61. The van der Waals surface area contributed by atoms with E-state index >= 15 is 0 Å². The maximum absolute atomic E-state index is 14.3. The number of methoxy groups -OCH3 is 1. The van der Waals surface area contributed by atoms with Crippen LogP contribution < -0.4 is 20.3 Å². The van der Waals surface area contributed by atoms with E-state index in [4.69, 9.17) is 9.57 Å². The van der Waals surface area contributed by atoms with Crippen LogP contribution in [0.25, 0.3) is 11.1 Å². The highest BCUT2D eigenvalue weighted by Gasteiger charge is 2.57. The zero-order valence-corrected chi connectivity index (χ0v) is 38.5. The lowest BCUT2D eigenvalue weighted by atomic mass is 9.45. The molecular weight excluding hydrogens is 842 g/mol. The SMILES string of the molecule is COc1c(CN2O[C@@H](CO)[C@@H]([C@H](C)O)[C@H]2C(=O)N[C@H]2C[C@H]3C[C@@H]([C@@H]2C)C3(C)C)cccc1-c1cc(N(C)C)c(Br)c(C(=O)N[C@H](CN(C)C)CC(C)(C)C)c1Br. The summed E-state index contributed by atoms with van der Waals surface area (Å²) in [5.41, 5.74) is 3.79. The number of benzene rings is 2. The molecule has 312 valence electrons. The summed E-state index contributed by atoms with van der Waals surface area (Å²) in [5, 5.41) is 29.7. The molecule has 4 fully saturated rings. The van der Waals surface area contributed by atoms with E-state index in [0.29, 0.717) is 44.6 Å². The molecule has 0 radical (unpaired) electrons. The predicted molar refractivity (Wildman–Crippen MR) is 230 cm³/mol. The normalized spacial score (nSPS) is 27.1. The highest BCUT2D eigenvalue weighted by molar-refractivity contribution is 9.11. The van der Waals surface area contributed by atoms with Crippen molar-refractivity contribution in [2.45, 2.75) is 105 Å². The number of aliphatic hydroxyl groups excluding tert-OH is 2. The van der Waals surface area contributed by atoms with Gasteiger partial charge in [0.2, 0.25) is 5.91 Å². The summed E-state index contributed by atoms with van der Waals surface area (Å²) in [4.78, 5) is 39.0. The molecule has 0 aromatic heterocycles. The molecule has 2 amide bonds. The maximum atomic E-state index is 14.3.